The Bertz CT molecular complexity index is 235. The van der Waals surface area contributed by atoms with Gasteiger partial charge < -0.3 is 10.2 Å². The fraction of sp³-hybridized carbons (Fsp3) is 0.929. The maximum atomic E-state index is 12.3. The van der Waals surface area contributed by atoms with Gasteiger partial charge in [-0.3, -0.25) is 9.69 Å². The molecular formula is C14H29N3O. The fourth-order valence-electron chi connectivity index (χ4n) is 2.38. The summed E-state index contributed by atoms with van der Waals surface area (Å²) in [5.41, 5.74) is 0. The number of carbonyl (C=O) groups is 1. The molecule has 0 radical (unpaired) electrons. The van der Waals surface area contributed by atoms with E-state index in [0.29, 0.717) is 18.5 Å². The maximum Gasteiger partial charge on any atom is 0.236 e. The van der Waals surface area contributed by atoms with Gasteiger partial charge in [0.25, 0.3) is 0 Å². The third-order valence-electron chi connectivity index (χ3n) is 3.47. The molecule has 0 aromatic heterocycles. The van der Waals surface area contributed by atoms with E-state index in [1.807, 2.05) is 4.90 Å². The predicted molar refractivity (Wildman–Crippen MR) is 75.7 cm³/mol. The van der Waals surface area contributed by atoms with Crippen molar-refractivity contribution in [3.05, 3.63) is 0 Å². The second kappa shape index (κ2) is 8.48. The Kier molecular flexibility index (Phi) is 7.28. The minimum absolute atomic E-state index is 0.305. The Balaban J connectivity index is 2.46. The highest BCUT2D eigenvalue weighted by atomic mass is 16.2. The molecule has 0 saturated carbocycles. The van der Waals surface area contributed by atoms with Crippen molar-refractivity contribution in [3.8, 4) is 0 Å². The molecule has 1 saturated heterocycles. The molecule has 0 aromatic carbocycles. The lowest BCUT2D eigenvalue weighted by Gasteiger charge is -2.38. The molecule has 1 fully saturated rings. The van der Waals surface area contributed by atoms with E-state index >= 15 is 0 Å². The average molecular weight is 255 g/mol. The largest absolute Gasteiger partial charge is 0.342 e. The van der Waals surface area contributed by atoms with Crippen LogP contribution in [0.3, 0.4) is 0 Å². The first-order chi connectivity index (χ1) is 8.72. The van der Waals surface area contributed by atoms with E-state index in [1.165, 1.54) is 0 Å². The molecule has 0 bridgehead atoms. The van der Waals surface area contributed by atoms with Crippen LogP contribution in [0.25, 0.3) is 0 Å². The van der Waals surface area contributed by atoms with Crippen LogP contribution >= 0.6 is 0 Å². The second-order valence-electron chi connectivity index (χ2n) is 5.16. The van der Waals surface area contributed by atoms with Crippen LogP contribution in [0, 0.1) is 0 Å². The Morgan fingerprint density at radius 1 is 1.06 bits per heavy atom. The van der Waals surface area contributed by atoms with Gasteiger partial charge in [0, 0.05) is 32.2 Å². The van der Waals surface area contributed by atoms with Crippen molar-refractivity contribution >= 4 is 5.91 Å². The number of nitrogens with one attached hydrogen (secondary N) is 1. The molecule has 4 nitrogen and oxygen atoms in total. The van der Waals surface area contributed by atoms with Crippen LogP contribution in [0.2, 0.25) is 0 Å². The van der Waals surface area contributed by atoms with E-state index in [9.17, 15) is 4.79 Å². The molecule has 1 aliphatic heterocycles. The lowest BCUT2D eigenvalue weighted by atomic mass is 10.1. The number of rotatable bonds is 9. The lowest BCUT2D eigenvalue weighted by molar-refractivity contribution is -0.133. The van der Waals surface area contributed by atoms with E-state index in [4.69, 9.17) is 0 Å². The van der Waals surface area contributed by atoms with Crippen LogP contribution in [-0.4, -0.2) is 61.0 Å². The summed E-state index contributed by atoms with van der Waals surface area (Å²) < 4.78 is 0. The molecule has 1 N–H and O–H groups in total. The zero-order chi connectivity index (χ0) is 13.4. The van der Waals surface area contributed by atoms with E-state index in [2.05, 4.69) is 31.0 Å². The predicted octanol–water partition coefficient (Wildman–Crippen LogP) is 1.32. The van der Waals surface area contributed by atoms with E-state index in [-0.39, 0.29) is 0 Å². The maximum absolute atomic E-state index is 12.3. The van der Waals surface area contributed by atoms with Crippen LogP contribution in [-0.2, 0) is 4.79 Å². The van der Waals surface area contributed by atoms with Crippen molar-refractivity contribution in [2.45, 2.75) is 46.1 Å². The zero-order valence-corrected chi connectivity index (χ0v) is 12.2. The lowest BCUT2D eigenvalue weighted by Crippen LogP contribution is -2.59. The first-order valence-electron chi connectivity index (χ1n) is 7.45. The fourth-order valence-corrected chi connectivity index (χ4v) is 2.38. The summed E-state index contributed by atoms with van der Waals surface area (Å²) >= 11 is 0. The Morgan fingerprint density at radius 3 is 2.00 bits per heavy atom. The van der Waals surface area contributed by atoms with Gasteiger partial charge in [-0.25, -0.2) is 0 Å². The highest BCUT2D eigenvalue weighted by Gasteiger charge is 2.26. The zero-order valence-electron chi connectivity index (χ0n) is 12.2. The van der Waals surface area contributed by atoms with Crippen molar-refractivity contribution in [1.82, 2.24) is 15.1 Å². The summed E-state index contributed by atoms with van der Waals surface area (Å²) in [6.07, 6.45) is 3.21. The number of amides is 1. The van der Waals surface area contributed by atoms with Gasteiger partial charge in [-0.15, -0.1) is 0 Å². The van der Waals surface area contributed by atoms with Gasteiger partial charge in [0.15, 0.2) is 0 Å². The Labute approximate surface area is 112 Å². The minimum Gasteiger partial charge on any atom is -0.342 e. The third-order valence-corrected chi connectivity index (χ3v) is 3.47. The third kappa shape index (κ3) is 4.58. The normalized spacial score (nSPS) is 15.8. The number of carbonyl (C=O) groups excluding carboxylic acids is 1. The van der Waals surface area contributed by atoms with Gasteiger partial charge in [-0.2, -0.15) is 0 Å². The van der Waals surface area contributed by atoms with Crippen molar-refractivity contribution in [3.63, 3.8) is 0 Å². The quantitative estimate of drug-likeness (QED) is 0.675. The number of nitrogens with zero attached hydrogens (tertiary/aromatic N) is 2. The molecule has 0 aliphatic carbocycles. The van der Waals surface area contributed by atoms with Crippen LogP contribution in [0.1, 0.15) is 40.0 Å². The Hall–Kier alpha value is -0.610. The van der Waals surface area contributed by atoms with Crippen molar-refractivity contribution < 1.29 is 4.79 Å². The van der Waals surface area contributed by atoms with Crippen molar-refractivity contribution in [2.24, 2.45) is 0 Å². The highest BCUT2D eigenvalue weighted by molar-refractivity contribution is 5.78. The molecule has 1 aliphatic rings. The molecular weight excluding hydrogens is 226 g/mol. The number of hydrogen-bond acceptors (Lipinski definition) is 3. The summed E-state index contributed by atoms with van der Waals surface area (Å²) in [5.74, 6) is 0.305. The van der Waals surface area contributed by atoms with E-state index in [1.54, 1.807) is 0 Å². The van der Waals surface area contributed by atoms with Gasteiger partial charge >= 0.3 is 0 Å². The summed E-state index contributed by atoms with van der Waals surface area (Å²) in [4.78, 5) is 16.7. The van der Waals surface area contributed by atoms with Gasteiger partial charge in [-0.05, 0) is 25.8 Å². The second-order valence-corrected chi connectivity index (χ2v) is 5.16. The molecule has 18 heavy (non-hydrogen) atoms. The smallest absolute Gasteiger partial charge is 0.236 e. The van der Waals surface area contributed by atoms with Gasteiger partial charge in [0.05, 0.1) is 6.54 Å². The molecule has 0 unspecified atom stereocenters. The van der Waals surface area contributed by atoms with Gasteiger partial charge in [-0.1, -0.05) is 20.8 Å². The van der Waals surface area contributed by atoms with Crippen molar-refractivity contribution in [2.75, 3.05) is 39.3 Å². The highest BCUT2D eigenvalue weighted by Crippen LogP contribution is 2.07. The standard InChI is InChI=1S/C14H29N3O/c1-4-7-16(8-5-2)14(18)12-17(9-6-3)13-10-15-11-13/h13,15H,4-12H2,1-3H3. The SMILES string of the molecule is CCCN(CCC)C(=O)CN(CCC)C1CNC1. The molecule has 1 heterocycles. The van der Waals surface area contributed by atoms with Crippen LogP contribution < -0.4 is 5.32 Å². The van der Waals surface area contributed by atoms with Crippen molar-refractivity contribution in [1.29, 1.82) is 0 Å². The first-order valence-corrected chi connectivity index (χ1v) is 7.45. The molecule has 0 aromatic rings. The first kappa shape index (κ1) is 15.4. The van der Waals surface area contributed by atoms with Gasteiger partial charge in [0.2, 0.25) is 5.91 Å². The molecule has 0 spiro atoms. The monoisotopic (exact) mass is 255 g/mol. The minimum atomic E-state index is 0.305. The Morgan fingerprint density at radius 2 is 1.61 bits per heavy atom. The summed E-state index contributed by atoms with van der Waals surface area (Å²) in [6, 6.07) is 0.569. The van der Waals surface area contributed by atoms with Crippen LogP contribution in [0.4, 0.5) is 0 Å². The molecule has 4 heteroatoms. The van der Waals surface area contributed by atoms with Gasteiger partial charge in [0.1, 0.15) is 0 Å². The van der Waals surface area contributed by atoms with Crippen LogP contribution in [0.15, 0.2) is 0 Å². The molecule has 1 rings (SSSR count). The van der Waals surface area contributed by atoms with E-state index in [0.717, 1.165) is 52.0 Å². The summed E-state index contributed by atoms with van der Waals surface area (Å²) in [5, 5.41) is 3.29. The molecule has 106 valence electrons. The molecule has 0 atom stereocenters. The summed E-state index contributed by atoms with van der Waals surface area (Å²) in [7, 11) is 0. The van der Waals surface area contributed by atoms with Crippen LogP contribution in [0.5, 0.6) is 0 Å². The topological polar surface area (TPSA) is 35.6 Å². The molecule has 1 amide bonds. The summed E-state index contributed by atoms with van der Waals surface area (Å²) in [6.45, 7) is 11.9. The average Bonchev–Trinajstić information content (AvgIpc) is 2.26. The van der Waals surface area contributed by atoms with E-state index < -0.39 is 0 Å². The number of hydrogen-bond donors (Lipinski definition) is 1.